The molecule has 2 heterocycles. The number of benzene rings is 1. The fraction of sp³-hybridized carbons (Fsp3) is 0.188. The SMILES string of the molecule is COc1nc(Nc2cnn(-c3ccc(S(C)=O)cc3)c2C)ncc1Cl. The first kappa shape index (κ1) is 17.4. The third-order valence-electron chi connectivity index (χ3n) is 3.57. The molecule has 0 aliphatic heterocycles. The fourth-order valence-electron chi connectivity index (χ4n) is 2.25. The van der Waals surface area contributed by atoms with Crippen molar-refractivity contribution in [2.75, 3.05) is 18.7 Å². The van der Waals surface area contributed by atoms with Crippen molar-refractivity contribution in [1.29, 1.82) is 0 Å². The van der Waals surface area contributed by atoms with Crippen molar-refractivity contribution < 1.29 is 8.95 Å². The maximum absolute atomic E-state index is 11.5. The summed E-state index contributed by atoms with van der Waals surface area (Å²) in [6, 6.07) is 7.41. The molecule has 0 saturated heterocycles. The summed E-state index contributed by atoms with van der Waals surface area (Å²) >= 11 is 5.93. The van der Waals surface area contributed by atoms with Gasteiger partial charge in [0.25, 0.3) is 0 Å². The van der Waals surface area contributed by atoms with Gasteiger partial charge in [-0.2, -0.15) is 10.1 Å². The molecular formula is C16H16ClN5O2S. The van der Waals surface area contributed by atoms with E-state index in [0.717, 1.165) is 22.0 Å². The van der Waals surface area contributed by atoms with Crippen LogP contribution in [0.5, 0.6) is 5.88 Å². The molecule has 0 fully saturated rings. The molecule has 7 nitrogen and oxygen atoms in total. The van der Waals surface area contributed by atoms with Gasteiger partial charge in [0.1, 0.15) is 5.02 Å². The van der Waals surface area contributed by atoms with E-state index in [1.165, 1.54) is 13.3 Å². The number of hydrogen-bond acceptors (Lipinski definition) is 6. The molecule has 1 unspecified atom stereocenters. The van der Waals surface area contributed by atoms with Gasteiger partial charge in [0.05, 0.1) is 36.6 Å². The average Bonchev–Trinajstić information content (AvgIpc) is 2.97. The van der Waals surface area contributed by atoms with Crippen LogP contribution in [-0.2, 0) is 10.8 Å². The van der Waals surface area contributed by atoms with E-state index in [9.17, 15) is 4.21 Å². The molecule has 1 aromatic carbocycles. The van der Waals surface area contributed by atoms with Gasteiger partial charge in [0.2, 0.25) is 11.8 Å². The number of aromatic nitrogens is 4. The van der Waals surface area contributed by atoms with Gasteiger partial charge in [-0.15, -0.1) is 0 Å². The number of ether oxygens (including phenoxy) is 1. The molecule has 1 N–H and O–H groups in total. The Balaban J connectivity index is 1.87. The first-order valence-electron chi connectivity index (χ1n) is 7.31. The van der Waals surface area contributed by atoms with Crippen LogP contribution in [0.4, 0.5) is 11.6 Å². The van der Waals surface area contributed by atoms with Gasteiger partial charge in [-0.05, 0) is 31.2 Å². The summed E-state index contributed by atoms with van der Waals surface area (Å²) in [5.74, 6) is 0.660. The third-order valence-corrected chi connectivity index (χ3v) is 4.77. The molecule has 0 bridgehead atoms. The lowest BCUT2D eigenvalue weighted by atomic mass is 10.3. The minimum absolute atomic E-state index is 0.298. The molecule has 0 amide bonds. The topological polar surface area (TPSA) is 81.9 Å². The van der Waals surface area contributed by atoms with Crippen LogP contribution >= 0.6 is 11.6 Å². The Morgan fingerprint density at radius 2 is 1.96 bits per heavy atom. The number of nitrogens with one attached hydrogen (secondary N) is 1. The summed E-state index contributed by atoms with van der Waals surface area (Å²) in [5, 5.41) is 7.82. The zero-order valence-electron chi connectivity index (χ0n) is 13.9. The van der Waals surface area contributed by atoms with Crippen LogP contribution in [-0.4, -0.2) is 37.3 Å². The van der Waals surface area contributed by atoms with Gasteiger partial charge in [-0.25, -0.2) is 9.67 Å². The summed E-state index contributed by atoms with van der Waals surface area (Å²) in [6.07, 6.45) is 4.81. The Morgan fingerprint density at radius 1 is 1.24 bits per heavy atom. The highest BCUT2D eigenvalue weighted by molar-refractivity contribution is 7.84. The fourth-order valence-corrected chi connectivity index (χ4v) is 2.93. The maximum Gasteiger partial charge on any atom is 0.237 e. The second-order valence-electron chi connectivity index (χ2n) is 5.18. The van der Waals surface area contributed by atoms with E-state index in [1.54, 1.807) is 17.1 Å². The molecule has 0 spiro atoms. The maximum atomic E-state index is 11.5. The predicted molar refractivity (Wildman–Crippen MR) is 97.5 cm³/mol. The Labute approximate surface area is 152 Å². The Morgan fingerprint density at radius 3 is 2.60 bits per heavy atom. The van der Waals surface area contributed by atoms with E-state index >= 15 is 0 Å². The minimum atomic E-state index is -1.01. The van der Waals surface area contributed by atoms with Crippen molar-refractivity contribution >= 4 is 34.0 Å². The quantitative estimate of drug-likeness (QED) is 0.735. The lowest BCUT2D eigenvalue weighted by Gasteiger charge is -2.08. The summed E-state index contributed by atoms with van der Waals surface area (Å²) < 4.78 is 18.4. The molecule has 2 aromatic heterocycles. The third kappa shape index (κ3) is 3.64. The largest absolute Gasteiger partial charge is 0.480 e. The van der Waals surface area contributed by atoms with Crippen LogP contribution in [0, 0.1) is 6.92 Å². The molecule has 1 atom stereocenters. The van der Waals surface area contributed by atoms with Crippen molar-refractivity contribution in [3.63, 3.8) is 0 Å². The smallest absolute Gasteiger partial charge is 0.237 e. The van der Waals surface area contributed by atoms with E-state index in [0.29, 0.717) is 16.9 Å². The first-order chi connectivity index (χ1) is 12.0. The molecular weight excluding hydrogens is 362 g/mol. The highest BCUT2D eigenvalue weighted by Crippen LogP contribution is 2.25. The van der Waals surface area contributed by atoms with E-state index in [4.69, 9.17) is 16.3 Å². The normalized spacial score (nSPS) is 12.0. The van der Waals surface area contributed by atoms with Crippen LogP contribution in [0.25, 0.3) is 5.69 Å². The van der Waals surface area contributed by atoms with Crippen LogP contribution in [0.1, 0.15) is 5.69 Å². The van der Waals surface area contributed by atoms with Crippen LogP contribution < -0.4 is 10.1 Å². The van der Waals surface area contributed by atoms with E-state index in [2.05, 4.69) is 20.4 Å². The number of methoxy groups -OCH3 is 1. The molecule has 0 aliphatic rings. The van der Waals surface area contributed by atoms with Gasteiger partial charge < -0.3 is 10.1 Å². The van der Waals surface area contributed by atoms with Gasteiger partial charge >= 0.3 is 0 Å². The molecule has 0 saturated carbocycles. The van der Waals surface area contributed by atoms with Crippen LogP contribution in [0.3, 0.4) is 0 Å². The zero-order valence-corrected chi connectivity index (χ0v) is 15.4. The second kappa shape index (κ2) is 7.20. The minimum Gasteiger partial charge on any atom is -0.480 e. The molecule has 130 valence electrons. The first-order valence-corrected chi connectivity index (χ1v) is 9.25. The number of nitrogens with zero attached hydrogens (tertiary/aromatic N) is 4. The second-order valence-corrected chi connectivity index (χ2v) is 6.97. The standard InChI is InChI=1S/C16H16ClN5O2S/c1-10-14(20-16-18-8-13(17)15(21-16)24-2)9-19-22(10)11-4-6-12(7-5-11)25(3)23/h4-9H,1-3H3,(H,18,20,21). The average molecular weight is 378 g/mol. The number of halogens is 1. The summed E-state index contributed by atoms with van der Waals surface area (Å²) in [7, 11) is 0.488. The number of anilines is 2. The molecule has 3 aromatic rings. The van der Waals surface area contributed by atoms with Crippen LogP contribution in [0.2, 0.25) is 5.02 Å². The monoisotopic (exact) mass is 377 g/mol. The summed E-state index contributed by atoms with van der Waals surface area (Å²) in [6.45, 7) is 1.92. The highest BCUT2D eigenvalue weighted by Gasteiger charge is 2.11. The molecule has 0 aliphatic carbocycles. The number of hydrogen-bond donors (Lipinski definition) is 1. The van der Waals surface area contributed by atoms with Crippen molar-refractivity contribution in [2.24, 2.45) is 0 Å². The van der Waals surface area contributed by atoms with Crippen molar-refractivity contribution in [3.8, 4) is 11.6 Å². The van der Waals surface area contributed by atoms with Gasteiger partial charge in [-0.1, -0.05) is 11.6 Å². The molecule has 0 radical (unpaired) electrons. The lowest BCUT2D eigenvalue weighted by Crippen LogP contribution is -2.02. The van der Waals surface area contributed by atoms with E-state index in [-0.39, 0.29) is 0 Å². The molecule has 9 heteroatoms. The van der Waals surface area contributed by atoms with Gasteiger partial charge in [0, 0.05) is 22.0 Å². The van der Waals surface area contributed by atoms with Gasteiger partial charge in [0.15, 0.2) is 0 Å². The van der Waals surface area contributed by atoms with Crippen LogP contribution in [0.15, 0.2) is 41.6 Å². The van der Waals surface area contributed by atoms with Crippen molar-refractivity contribution in [2.45, 2.75) is 11.8 Å². The Kier molecular flexibility index (Phi) is 5.00. The highest BCUT2D eigenvalue weighted by atomic mass is 35.5. The Bertz CT molecular complexity index is 927. The van der Waals surface area contributed by atoms with Gasteiger partial charge in [-0.3, -0.25) is 4.21 Å². The van der Waals surface area contributed by atoms with Crippen molar-refractivity contribution in [1.82, 2.24) is 19.7 Å². The predicted octanol–water partition coefficient (Wildman–Crippen LogP) is 3.11. The summed E-state index contributed by atoms with van der Waals surface area (Å²) in [4.78, 5) is 9.10. The van der Waals surface area contributed by atoms with E-state index in [1.807, 2.05) is 31.2 Å². The molecule has 3 rings (SSSR count). The Hall–Kier alpha value is -2.45. The summed E-state index contributed by atoms with van der Waals surface area (Å²) in [5.41, 5.74) is 2.50. The number of rotatable bonds is 5. The lowest BCUT2D eigenvalue weighted by molar-refractivity contribution is 0.398. The van der Waals surface area contributed by atoms with E-state index < -0.39 is 10.8 Å². The molecule has 25 heavy (non-hydrogen) atoms. The van der Waals surface area contributed by atoms with Crippen molar-refractivity contribution in [3.05, 3.63) is 47.4 Å². The zero-order chi connectivity index (χ0) is 18.0.